The monoisotopic (exact) mass is 426 g/mol. The van der Waals surface area contributed by atoms with E-state index in [1.54, 1.807) is 36.8 Å². The van der Waals surface area contributed by atoms with Gasteiger partial charge < -0.3 is 9.88 Å². The molecule has 0 saturated heterocycles. The van der Waals surface area contributed by atoms with Gasteiger partial charge in [-0.3, -0.25) is 9.78 Å². The number of aromatic amines is 1. The normalized spacial score (nSPS) is 11.1. The van der Waals surface area contributed by atoms with Gasteiger partial charge in [0.2, 0.25) is 0 Å². The van der Waals surface area contributed by atoms with Gasteiger partial charge in [0.05, 0.1) is 18.3 Å². The number of pyridine rings is 1. The summed E-state index contributed by atoms with van der Waals surface area (Å²) in [4.78, 5) is 25.5. The van der Waals surface area contributed by atoms with Crippen LogP contribution in [0.4, 0.5) is 20.3 Å². The first-order valence-corrected chi connectivity index (χ1v) is 9.68. The van der Waals surface area contributed by atoms with Crippen molar-refractivity contribution in [2.24, 2.45) is 0 Å². The number of rotatable bonds is 5. The molecule has 5 nitrogen and oxygen atoms in total. The van der Waals surface area contributed by atoms with Crippen LogP contribution in [0.1, 0.15) is 18.1 Å². The molecule has 0 bridgehead atoms. The molecule has 0 spiro atoms. The fourth-order valence-corrected chi connectivity index (χ4v) is 3.69. The van der Waals surface area contributed by atoms with E-state index in [2.05, 4.69) is 15.0 Å². The second-order valence-corrected chi connectivity index (χ2v) is 7.11. The fraction of sp³-hybridized carbons (Fsp3) is 0.136. The molecule has 0 amide bonds. The van der Waals surface area contributed by atoms with E-state index in [9.17, 15) is 13.6 Å². The van der Waals surface area contributed by atoms with Crippen molar-refractivity contribution in [3.8, 4) is 0 Å². The van der Waals surface area contributed by atoms with Crippen LogP contribution in [0.25, 0.3) is 10.9 Å². The van der Waals surface area contributed by atoms with Crippen LogP contribution in [-0.2, 0) is 13.0 Å². The molecule has 8 heteroatoms. The van der Waals surface area contributed by atoms with Gasteiger partial charge in [0.1, 0.15) is 0 Å². The van der Waals surface area contributed by atoms with Crippen LogP contribution in [0.2, 0.25) is 5.02 Å². The van der Waals surface area contributed by atoms with E-state index in [-0.39, 0.29) is 12.1 Å². The molecule has 0 aliphatic heterocycles. The Kier molecular flexibility index (Phi) is 5.46. The number of aromatic nitrogens is 3. The molecule has 0 radical (unpaired) electrons. The minimum Gasteiger partial charge on any atom is -0.321 e. The molecule has 0 aliphatic rings. The second-order valence-electron chi connectivity index (χ2n) is 6.68. The summed E-state index contributed by atoms with van der Waals surface area (Å²) in [5.74, 6) is -1.57. The van der Waals surface area contributed by atoms with Crippen LogP contribution in [-0.4, -0.2) is 15.0 Å². The van der Waals surface area contributed by atoms with Crippen molar-refractivity contribution >= 4 is 34.0 Å². The number of benzene rings is 2. The van der Waals surface area contributed by atoms with Crippen molar-refractivity contribution < 1.29 is 8.78 Å². The maximum absolute atomic E-state index is 14.4. The third-order valence-corrected chi connectivity index (χ3v) is 5.15. The molecule has 0 aliphatic carbocycles. The highest BCUT2D eigenvalue weighted by molar-refractivity contribution is 6.30. The van der Waals surface area contributed by atoms with Crippen molar-refractivity contribution in [1.29, 1.82) is 0 Å². The van der Waals surface area contributed by atoms with E-state index in [4.69, 9.17) is 11.6 Å². The third kappa shape index (κ3) is 3.64. The third-order valence-electron chi connectivity index (χ3n) is 4.91. The van der Waals surface area contributed by atoms with Crippen LogP contribution in [0.15, 0.2) is 59.8 Å². The highest BCUT2D eigenvalue weighted by Crippen LogP contribution is 2.31. The Morgan fingerprint density at radius 1 is 1.13 bits per heavy atom. The Balaban J connectivity index is 1.96. The molecule has 0 unspecified atom stereocenters. The van der Waals surface area contributed by atoms with Gasteiger partial charge in [-0.15, -0.1) is 0 Å². The average molecular weight is 427 g/mol. The summed E-state index contributed by atoms with van der Waals surface area (Å²) in [6, 6.07) is 9.69. The predicted molar refractivity (Wildman–Crippen MR) is 113 cm³/mol. The maximum Gasteiger partial charge on any atom is 0.252 e. The molecule has 2 heterocycles. The molecule has 1 N–H and O–H groups in total. The minimum absolute atomic E-state index is 0.155. The lowest BCUT2D eigenvalue weighted by molar-refractivity contribution is 0.515. The first-order chi connectivity index (χ1) is 14.5. The van der Waals surface area contributed by atoms with Gasteiger partial charge in [0.15, 0.2) is 17.5 Å². The Hall–Kier alpha value is -3.32. The summed E-state index contributed by atoms with van der Waals surface area (Å²) in [5.41, 5.74) is 1.19. The minimum atomic E-state index is -1.08. The summed E-state index contributed by atoms with van der Waals surface area (Å²) in [5, 5.41) is 0.960. The molecule has 152 valence electrons. The van der Waals surface area contributed by atoms with Crippen molar-refractivity contribution in [2.75, 3.05) is 4.90 Å². The lowest BCUT2D eigenvalue weighted by Crippen LogP contribution is -2.23. The summed E-state index contributed by atoms with van der Waals surface area (Å²) in [7, 11) is 0. The topological polar surface area (TPSA) is 61.9 Å². The lowest BCUT2D eigenvalue weighted by atomic mass is 10.00. The summed E-state index contributed by atoms with van der Waals surface area (Å²) in [6.45, 7) is 2.03. The zero-order chi connectivity index (χ0) is 21.3. The average Bonchev–Trinajstić information content (AvgIpc) is 2.75. The number of anilines is 2. The lowest BCUT2D eigenvalue weighted by Gasteiger charge is -2.25. The second kappa shape index (κ2) is 8.20. The van der Waals surface area contributed by atoms with E-state index in [1.165, 1.54) is 6.07 Å². The fourth-order valence-electron chi connectivity index (χ4n) is 3.50. The van der Waals surface area contributed by atoms with Crippen molar-refractivity contribution in [1.82, 2.24) is 15.0 Å². The largest absolute Gasteiger partial charge is 0.321 e. The van der Waals surface area contributed by atoms with Gasteiger partial charge in [-0.25, -0.2) is 13.8 Å². The number of halogens is 3. The van der Waals surface area contributed by atoms with E-state index >= 15 is 0 Å². The van der Waals surface area contributed by atoms with Gasteiger partial charge in [0.25, 0.3) is 5.56 Å². The van der Waals surface area contributed by atoms with Gasteiger partial charge in [-0.05, 0) is 42.3 Å². The molecular weight excluding hydrogens is 410 g/mol. The van der Waals surface area contributed by atoms with Crippen LogP contribution < -0.4 is 10.5 Å². The Morgan fingerprint density at radius 3 is 2.67 bits per heavy atom. The standard InChI is InChI=1S/C22H17ClF2N4O/c1-2-15-17(16-6-7-18(24)20(25)21(16)28-22(15)30)12-29(19-11-26-8-9-27-19)14-5-3-4-13(23)10-14/h3-11H,2,12H2,1H3,(H,28,30). The molecule has 4 rings (SSSR count). The van der Waals surface area contributed by atoms with E-state index in [0.717, 1.165) is 11.8 Å². The number of nitrogens with one attached hydrogen (secondary N) is 1. The first-order valence-electron chi connectivity index (χ1n) is 9.30. The Bertz CT molecular complexity index is 1280. The molecule has 2 aromatic heterocycles. The molecule has 2 aromatic carbocycles. The van der Waals surface area contributed by atoms with Crippen LogP contribution >= 0.6 is 11.6 Å². The maximum atomic E-state index is 14.4. The number of hydrogen-bond donors (Lipinski definition) is 1. The number of fused-ring (bicyclic) bond motifs is 1. The Morgan fingerprint density at radius 2 is 1.97 bits per heavy atom. The van der Waals surface area contributed by atoms with E-state index < -0.39 is 17.2 Å². The number of hydrogen-bond acceptors (Lipinski definition) is 4. The van der Waals surface area contributed by atoms with Gasteiger partial charge in [-0.2, -0.15) is 0 Å². The molecule has 0 saturated carbocycles. The number of H-pyrrole nitrogens is 1. The van der Waals surface area contributed by atoms with Crippen molar-refractivity contribution in [3.63, 3.8) is 0 Å². The van der Waals surface area contributed by atoms with E-state index in [1.807, 2.05) is 17.9 Å². The summed E-state index contributed by atoms with van der Waals surface area (Å²) < 4.78 is 28.2. The molecule has 0 fully saturated rings. The van der Waals surface area contributed by atoms with Gasteiger partial charge in [0, 0.05) is 34.1 Å². The molecule has 30 heavy (non-hydrogen) atoms. The smallest absolute Gasteiger partial charge is 0.252 e. The van der Waals surface area contributed by atoms with Gasteiger partial charge in [-0.1, -0.05) is 24.6 Å². The van der Waals surface area contributed by atoms with Crippen LogP contribution in [0.5, 0.6) is 0 Å². The SMILES string of the molecule is CCc1c(CN(c2cccc(Cl)c2)c2cnccn2)c2ccc(F)c(F)c2[nH]c1=O. The highest BCUT2D eigenvalue weighted by Gasteiger charge is 2.20. The molecule has 4 aromatic rings. The zero-order valence-electron chi connectivity index (χ0n) is 16.0. The predicted octanol–water partition coefficient (Wildman–Crippen LogP) is 5.15. The summed E-state index contributed by atoms with van der Waals surface area (Å²) >= 11 is 6.19. The highest BCUT2D eigenvalue weighted by atomic mass is 35.5. The quantitative estimate of drug-likeness (QED) is 0.479. The van der Waals surface area contributed by atoms with E-state index in [0.29, 0.717) is 33.8 Å². The Labute approximate surface area is 176 Å². The van der Waals surface area contributed by atoms with Crippen LogP contribution in [0, 0.1) is 11.6 Å². The first kappa shape index (κ1) is 20.0. The van der Waals surface area contributed by atoms with Crippen molar-refractivity contribution in [2.45, 2.75) is 19.9 Å². The van der Waals surface area contributed by atoms with Crippen LogP contribution in [0.3, 0.4) is 0 Å². The van der Waals surface area contributed by atoms with Crippen molar-refractivity contribution in [3.05, 3.63) is 93.1 Å². The van der Waals surface area contributed by atoms with Gasteiger partial charge >= 0.3 is 0 Å². The zero-order valence-corrected chi connectivity index (χ0v) is 16.8. The molecule has 0 atom stereocenters. The number of nitrogens with zero attached hydrogens (tertiary/aromatic N) is 3. The molecular formula is C22H17ClF2N4O. The summed E-state index contributed by atoms with van der Waals surface area (Å²) in [6.07, 6.45) is 5.11.